The molecule has 0 spiro atoms. The summed E-state index contributed by atoms with van der Waals surface area (Å²) >= 11 is 0. The van der Waals surface area contributed by atoms with Crippen LogP contribution in [0.4, 0.5) is 5.69 Å². The van der Waals surface area contributed by atoms with Crippen LogP contribution >= 0.6 is 0 Å². The van der Waals surface area contributed by atoms with Gasteiger partial charge in [-0.2, -0.15) is 0 Å². The van der Waals surface area contributed by atoms with E-state index in [9.17, 15) is 9.59 Å². The van der Waals surface area contributed by atoms with Gasteiger partial charge in [-0.3, -0.25) is 9.59 Å². The van der Waals surface area contributed by atoms with Gasteiger partial charge >= 0.3 is 0 Å². The summed E-state index contributed by atoms with van der Waals surface area (Å²) in [7, 11) is 0. The largest absolute Gasteiger partial charge is 0.350 e. The van der Waals surface area contributed by atoms with Crippen LogP contribution in [-0.4, -0.2) is 18.4 Å². The number of nitrogens with one attached hydrogen (secondary N) is 1. The molecule has 0 radical (unpaired) electrons. The minimum Gasteiger partial charge on any atom is -0.350 e. The Bertz CT molecular complexity index is 668. The molecule has 120 valence electrons. The van der Waals surface area contributed by atoms with Crippen molar-refractivity contribution in [1.82, 2.24) is 5.32 Å². The first-order chi connectivity index (χ1) is 11.1. The highest BCUT2D eigenvalue weighted by atomic mass is 16.2. The molecule has 0 aliphatic carbocycles. The topological polar surface area (TPSA) is 49.4 Å². The minimum atomic E-state index is -0.171. The summed E-state index contributed by atoms with van der Waals surface area (Å²) in [5.74, 6) is -0.310. The number of nitrogens with zero attached hydrogens (tertiary/aromatic N) is 1. The van der Waals surface area contributed by atoms with E-state index in [0.29, 0.717) is 6.54 Å². The number of hydrogen-bond donors (Lipinski definition) is 1. The number of anilines is 1. The summed E-state index contributed by atoms with van der Waals surface area (Å²) < 4.78 is 0. The molecule has 0 aliphatic rings. The van der Waals surface area contributed by atoms with Gasteiger partial charge in [0.05, 0.1) is 0 Å². The highest BCUT2D eigenvalue weighted by Gasteiger charge is 2.17. The molecule has 0 aliphatic heterocycles. The monoisotopic (exact) mass is 310 g/mol. The second kappa shape index (κ2) is 8.13. The molecule has 0 heterocycles. The molecule has 4 heteroatoms. The third-order valence-electron chi connectivity index (χ3n) is 3.68. The Kier molecular flexibility index (Phi) is 5.92. The molecule has 0 fully saturated rings. The Morgan fingerprint density at radius 1 is 1.00 bits per heavy atom. The number of benzene rings is 2. The summed E-state index contributed by atoms with van der Waals surface area (Å²) in [5, 5.41) is 2.86. The molecular formula is C19H22N2O2. The number of amides is 2. The molecule has 2 rings (SSSR count). The summed E-state index contributed by atoms with van der Waals surface area (Å²) in [6.45, 7) is 4.00. The number of hydrogen-bond acceptors (Lipinski definition) is 2. The SMILES string of the molecule is CCc1ccccc1N(CC(=O)NCc1ccccc1)C(C)=O. The second-order valence-corrected chi connectivity index (χ2v) is 5.35. The van der Waals surface area contributed by atoms with Crippen LogP contribution in [0.25, 0.3) is 0 Å². The molecule has 0 saturated carbocycles. The van der Waals surface area contributed by atoms with Crippen LogP contribution in [0.15, 0.2) is 54.6 Å². The second-order valence-electron chi connectivity index (χ2n) is 5.35. The Morgan fingerprint density at radius 3 is 2.30 bits per heavy atom. The molecule has 1 N–H and O–H groups in total. The Labute approximate surface area is 137 Å². The van der Waals surface area contributed by atoms with Crippen molar-refractivity contribution >= 4 is 17.5 Å². The van der Waals surface area contributed by atoms with Crippen LogP contribution in [0.5, 0.6) is 0 Å². The van der Waals surface area contributed by atoms with Crippen molar-refractivity contribution in [3.05, 3.63) is 65.7 Å². The average molecular weight is 310 g/mol. The lowest BCUT2D eigenvalue weighted by molar-refractivity contribution is -0.123. The van der Waals surface area contributed by atoms with E-state index in [-0.39, 0.29) is 18.4 Å². The summed E-state index contributed by atoms with van der Waals surface area (Å²) in [4.78, 5) is 25.7. The summed E-state index contributed by atoms with van der Waals surface area (Å²) in [6, 6.07) is 17.4. The third-order valence-corrected chi connectivity index (χ3v) is 3.68. The van der Waals surface area contributed by atoms with Crippen LogP contribution in [0.2, 0.25) is 0 Å². The number of carbonyl (C=O) groups excluding carboxylic acids is 2. The summed E-state index contributed by atoms with van der Waals surface area (Å²) in [5.41, 5.74) is 2.89. The molecule has 0 aromatic heterocycles. The van der Waals surface area contributed by atoms with Gasteiger partial charge in [0.25, 0.3) is 0 Å². The predicted molar refractivity (Wildman–Crippen MR) is 92.1 cm³/mol. The first kappa shape index (κ1) is 16.7. The number of para-hydroxylation sites is 1. The van der Waals surface area contributed by atoms with Gasteiger partial charge < -0.3 is 10.2 Å². The molecule has 2 aromatic rings. The molecule has 0 atom stereocenters. The van der Waals surface area contributed by atoms with Crippen molar-refractivity contribution in [2.24, 2.45) is 0 Å². The van der Waals surface area contributed by atoms with Gasteiger partial charge in [0, 0.05) is 19.2 Å². The van der Waals surface area contributed by atoms with Gasteiger partial charge in [0.15, 0.2) is 0 Å². The first-order valence-electron chi connectivity index (χ1n) is 7.78. The standard InChI is InChI=1S/C19H22N2O2/c1-3-17-11-7-8-12-18(17)21(15(2)22)14-19(23)20-13-16-9-5-4-6-10-16/h4-12H,3,13-14H2,1-2H3,(H,20,23). The van der Waals surface area contributed by atoms with Gasteiger partial charge in [0.1, 0.15) is 6.54 Å². The van der Waals surface area contributed by atoms with Gasteiger partial charge in [0.2, 0.25) is 11.8 Å². The maximum absolute atomic E-state index is 12.2. The zero-order chi connectivity index (χ0) is 16.7. The van der Waals surface area contributed by atoms with Gasteiger partial charge in [-0.05, 0) is 23.6 Å². The molecule has 0 unspecified atom stereocenters. The average Bonchev–Trinajstić information content (AvgIpc) is 2.58. The van der Waals surface area contributed by atoms with Crippen LogP contribution in [0.1, 0.15) is 25.0 Å². The summed E-state index contributed by atoms with van der Waals surface area (Å²) in [6.07, 6.45) is 0.811. The van der Waals surface area contributed by atoms with Crippen molar-refractivity contribution in [2.45, 2.75) is 26.8 Å². The smallest absolute Gasteiger partial charge is 0.240 e. The molecule has 0 bridgehead atoms. The van der Waals surface area contributed by atoms with Crippen LogP contribution in [0.3, 0.4) is 0 Å². The van der Waals surface area contributed by atoms with E-state index in [4.69, 9.17) is 0 Å². The highest BCUT2D eigenvalue weighted by Crippen LogP contribution is 2.20. The lowest BCUT2D eigenvalue weighted by atomic mass is 10.1. The van der Waals surface area contributed by atoms with E-state index in [0.717, 1.165) is 23.2 Å². The van der Waals surface area contributed by atoms with Crippen LogP contribution < -0.4 is 10.2 Å². The molecule has 0 saturated heterocycles. The molecular weight excluding hydrogens is 288 g/mol. The normalized spacial score (nSPS) is 10.2. The third kappa shape index (κ3) is 4.68. The fourth-order valence-electron chi connectivity index (χ4n) is 2.44. The van der Waals surface area contributed by atoms with E-state index in [2.05, 4.69) is 5.32 Å². The van der Waals surface area contributed by atoms with E-state index >= 15 is 0 Å². The number of rotatable bonds is 6. The van der Waals surface area contributed by atoms with Crippen LogP contribution in [-0.2, 0) is 22.6 Å². The zero-order valence-electron chi connectivity index (χ0n) is 13.6. The molecule has 4 nitrogen and oxygen atoms in total. The zero-order valence-corrected chi connectivity index (χ0v) is 13.6. The van der Waals surface area contributed by atoms with Gasteiger partial charge in [-0.1, -0.05) is 55.5 Å². The van der Waals surface area contributed by atoms with Crippen molar-refractivity contribution < 1.29 is 9.59 Å². The van der Waals surface area contributed by atoms with Crippen LogP contribution in [0, 0.1) is 0 Å². The van der Waals surface area contributed by atoms with Gasteiger partial charge in [-0.25, -0.2) is 0 Å². The van der Waals surface area contributed by atoms with Crippen molar-refractivity contribution in [1.29, 1.82) is 0 Å². The van der Waals surface area contributed by atoms with E-state index < -0.39 is 0 Å². The lowest BCUT2D eigenvalue weighted by Gasteiger charge is -2.23. The van der Waals surface area contributed by atoms with Crippen molar-refractivity contribution in [2.75, 3.05) is 11.4 Å². The van der Waals surface area contributed by atoms with E-state index in [1.807, 2.05) is 61.5 Å². The van der Waals surface area contributed by atoms with Gasteiger partial charge in [-0.15, -0.1) is 0 Å². The molecule has 2 aromatic carbocycles. The van der Waals surface area contributed by atoms with E-state index in [1.54, 1.807) is 0 Å². The van der Waals surface area contributed by atoms with Crippen molar-refractivity contribution in [3.63, 3.8) is 0 Å². The van der Waals surface area contributed by atoms with E-state index in [1.165, 1.54) is 11.8 Å². The van der Waals surface area contributed by atoms with Crippen molar-refractivity contribution in [3.8, 4) is 0 Å². The number of aryl methyl sites for hydroxylation is 1. The predicted octanol–water partition coefficient (Wildman–Crippen LogP) is 2.92. The Hall–Kier alpha value is -2.62. The highest BCUT2D eigenvalue weighted by molar-refractivity contribution is 5.98. The molecule has 2 amide bonds. The molecule has 23 heavy (non-hydrogen) atoms. The maximum atomic E-state index is 12.2. The number of carbonyl (C=O) groups is 2. The fraction of sp³-hybridized carbons (Fsp3) is 0.263. The maximum Gasteiger partial charge on any atom is 0.240 e. The lowest BCUT2D eigenvalue weighted by Crippen LogP contribution is -2.40. The Balaban J connectivity index is 2.04. The minimum absolute atomic E-state index is 0.0270. The first-order valence-corrected chi connectivity index (χ1v) is 7.78. The Morgan fingerprint density at radius 2 is 1.65 bits per heavy atom. The quantitative estimate of drug-likeness (QED) is 0.892. The fourth-order valence-corrected chi connectivity index (χ4v) is 2.44.